The van der Waals surface area contributed by atoms with Gasteiger partial charge in [0.25, 0.3) is 0 Å². The molecule has 126 valence electrons. The maximum absolute atomic E-state index is 12.3. The molecule has 1 saturated heterocycles. The van der Waals surface area contributed by atoms with Crippen molar-refractivity contribution in [3.05, 3.63) is 30.1 Å². The predicted molar refractivity (Wildman–Crippen MR) is 85.8 cm³/mol. The first kappa shape index (κ1) is 17.4. The Morgan fingerprint density at radius 1 is 1.52 bits per heavy atom. The zero-order chi connectivity index (χ0) is 16.5. The Morgan fingerprint density at radius 3 is 3.13 bits per heavy atom. The number of methoxy groups -OCH3 is 1. The van der Waals surface area contributed by atoms with Gasteiger partial charge in [0, 0.05) is 51.6 Å². The second-order valence-electron chi connectivity index (χ2n) is 5.45. The minimum absolute atomic E-state index is 0.0341. The Bertz CT molecular complexity index is 509. The summed E-state index contributed by atoms with van der Waals surface area (Å²) in [5, 5.41) is 5.95. The van der Waals surface area contributed by atoms with Crippen molar-refractivity contribution in [2.75, 3.05) is 39.9 Å². The van der Waals surface area contributed by atoms with Gasteiger partial charge in [0.1, 0.15) is 0 Å². The molecule has 2 N–H and O–H groups in total. The Balaban J connectivity index is 1.72. The summed E-state index contributed by atoms with van der Waals surface area (Å²) in [5.74, 6) is -0.159. The van der Waals surface area contributed by atoms with Crippen molar-refractivity contribution in [3.63, 3.8) is 0 Å². The lowest BCUT2D eigenvalue weighted by Crippen LogP contribution is -2.56. The number of hydrogen-bond donors (Lipinski definition) is 2. The van der Waals surface area contributed by atoms with Crippen LogP contribution in [0.25, 0.3) is 0 Å². The van der Waals surface area contributed by atoms with Crippen LogP contribution in [0.2, 0.25) is 0 Å². The number of nitrogens with zero attached hydrogens (tertiary/aromatic N) is 2. The van der Waals surface area contributed by atoms with Crippen LogP contribution >= 0.6 is 0 Å². The third-order valence-electron chi connectivity index (χ3n) is 3.77. The number of rotatable bonds is 8. The lowest BCUT2D eigenvalue weighted by atomic mass is 10.1. The Hall–Kier alpha value is -1.99. The van der Waals surface area contributed by atoms with Crippen molar-refractivity contribution in [3.8, 4) is 0 Å². The van der Waals surface area contributed by atoms with Crippen molar-refractivity contribution in [2.45, 2.75) is 18.9 Å². The molecule has 1 aliphatic rings. The van der Waals surface area contributed by atoms with Crippen LogP contribution in [0.15, 0.2) is 24.4 Å². The van der Waals surface area contributed by atoms with Crippen LogP contribution in [0.5, 0.6) is 0 Å². The zero-order valence-corrected chi connectivity index (χ0v) is 13.5. The fraction of sp³-hybridized carbons (Fsp3) is 0.562. The van der Waals surface area contributed by atoms with Gasteiger partial charge in [0.05, 0.1) is 19.1 Å². The van der Waals surface area contributed by atoms with Crippen LogP contribution in [0.4, 0.5) is 0 Å². The highest BCUT2D eigenvalue weighted by atomic mass is 16.5. The summed E-state index contributed by atoms with van der Waals surface area (Å²) in [6, 6.07) is 5.25. The predicted octanol–water partition coefficient (Wildman–Crippen LogP) is -0.423. The number of nitrogens with one attached hydrogen (secondary N) is 2. The molecule has 1 atom stereocenters. The molecule has 2 heterocycles. The summed E-state index contributed by atoms with van der Waals surface area (Å²) in [5.41, 5.74) is 0.936. The summed E-state index contributed by atoms with van der Waals surface area (Å²) in [6.45, 7) is 2.94. The van der Waals surface area contributed by atoms with Crippen molar-refractivity contribution in [1.82, 2.24) is 20.5 Å². The van der Waals surface area contributed by atoms with Crippen LogP contribution < -0.4 is 10.6 Å². The summed E-state index contributed by atoms with van der Waals surface area (Å²) in [7, 11) is 1.61. The number of piperazine rings is 1. The van der Waals surface area contributed by atoms with E-state index in [1.54, 1.807) is 18.2 Å². The molecule has 2 rings (SSSR count). The van der Waals surface area contributed by atoms with Crippen LogP contribution in [-0.2, 0) is 20.7 Å². The SMILES string of the molecule is COCCN1CCNC(CC(=O)NCCc2ccccn2)C1=O. The molecule has 1 aromatic heterocycles. The normalized spacial score (nSPS) is 18.0. The van der Waals surface area contributed by atoms with Crippen molar-refractivity contribution < 1.29 is 14.3 Å². The molecule has 0 aliphatic carbocycles. The fourth-order valence-corrected chi connectivity index (χ4v) is 2.51. The van der Waals surface area contributed by atoms with E-state index in [0.29, 0.717) is 39.2 Å². The average Bonchev–Trinajstić information content (AvgIpc) is 2.57. The average molecular weight is 320 g/mol. The molecular weight excluding hydrogens is 296 g/mol. The number of aromatic nitrogens is 1. The fourth-order valence-electron chi connectivity index (χ4n) is 2.51. The van der Waals surface area contributed by atoms with Crippen molar-refractivity contribution >= 4 is 11.8 Å². The van der Waals surface area contributed by atoms with Crippen LogP contribution in [0.3, 0.4) is 0 Å². The molecule has 1 aromatic rings. The monoisotopic (exact) mass is 320 g/mol. The first-order valence-electron chi connectivity index (χ1n) is 7.88. The highest BCUT2D eigenvalue weighted by molar-refractivity contribution is 5.88. The smallest absolute Gasteiger partial charge is 0.240 e. The molecule has 1 fully saturated rings. The first-order chi connectivity index (χ1) is 11.2. The van der Waals surface area contributed by atoms with E-state index < -0.39 is 6.04 Å². The minimum atomic E-state index is -0.449. The highest BCUT2D eigenvalue weighted by Crippen LogP contribution is 2.05. The van der Waals surface area contributed by atoms with Gasteiger partial charge in [-0.1, -0.05) is 6.07 Å². The molecule has 0 aromatic carbocycles. The Morgan fingerprint density at radius 2 is 2.39 bits per heavy atom. The van der Waals surface area contributed by atoms with Gasteiger partial charge in [-0.05, 0) is 12.1 Å². The maximum Gasteiger partial charge on any atom is 0.240 e. The minimum Gasteiger partial charge on any atom is -0.383 e. The summed E-state index contributed by atoms with van der Waals surface area (Å²) in [4.78, 5) is 30.2. The van der Waals surface area contributed by atoms with E-state index >= 15 is 0 Å². The molecule has 0 radical (unpaired) electrons. The van der Waals surface area contributed by atoms with Gasteiger partial charge in [-0.2, -0.15) is 0 Å². The van der Waals surface area contributed by atoms with Crippen LogP contribution in [-0.4, -0.2) is 67.6 Å². The number of carbonyl (C=O) groups excluding carboxylic acids is 2. The van der Waals surface area contributed by atoms with Gasteiger partial charge < -0.3 is 20.3 Å². The maximum atomic E-state index is 12.3. The van der Waals surface area contributed by atoms with Crippen LogP contribution in [0, 0.1) is 0 Å². The van der Waals surface area contributed by atoms with E-state index in [4.69, 9.17) is 4.74 Å². The topological polar surface area (TPSA) is 83.6 Å². The summed E-state index contributed by atoms with van der Waals surface area (Å²) >= 11 is 0. The van der Waals surface area contributed by atoms with E-state index in [2.05, 4.69) is 15.6 Å². The largest absolute Gasteiger partial charge is 0.383 e. The number of carbonyl (C=O) groups is 2. The number of ether oxygens (including phenoxy) is 1. The molecule has 7 nitrogen and oxygen atoms in total. The van der Waals surface area contributed by atoms with Gasteiger partial charge in [-0.3, -0.25) is 14.6 Å². The summed E-state index contributed by atoms with van der Waals surface area (Å²) < 4.78 is 5.00. The van der Waals surface area contributed by atoms with Gasteiger partial charge in [0.2, 0.25) is 11.8 Å². The second kappa shape index (κ2) is 9.22. The molecule has 2 amide bonds. The molecule has 1 unspecified atom stereocenters. The van der Waals surface area contributed by atoms with E-state index in [1.165, 1.54) is 0 Å². The Kier molecular flexibility index (Phi) is 6.96. The Labute approximate surface area is 136 Å². The lowest BCUT2D eigenvalue weighted by Gasteiger charge is -2.32. The van der Waals surface area contributed by atoms with Gasteiger partial charge in [0.15, 0.2) is 0 Å². The van der Waals surface area contributed by atoms with E-state index in [-0.39, 0.29) is 18.2 Å². The highest BCUT2D eigenvalue weighted by Gasteiger charge is 2.29. The zero-order valence-electron chi connectivity index (χ0n) is 13.5. The third-order valence-corrected chi connectivity index (χ3v) is 3.77. The molecule has 7 heteroatoms. The third kappa shape index (κ3) is 5.61. The molecule has 0 saturated carbocycles. The van der Waals surface area contributed by atoms with E-state index in [9.17, 15) is 9.59 Å². The number of pyridine rings is 1. The molecule has 23 heavy (non-hydrogen) atoms. The second-order valence-corrected chi connectivity index (χ2v) is 5.45. The van der Waals surface area contributed by atoms with E-state index in [0.717, 1.165) is 5.69 Å². The number of hydrogen-bond acceptors (Lipinski definition) is 5. The quantitative estimate of drug-likeness (QED) is 0.679. The number of amides is 2. The van der Waals surface area contributed by atoms with Crippen LogP contribution in [0.1, 0.15) is 12.1 Å². The van der Waals surface area contributed by atoms with Gasteiger partial charge in [-0.15, -0.1) is 0 Å². The molecule has 1 aliphatic heterocycles. The molecule has 0 spiro atoms. The first-order valence-corrected chi connectivity index (χ1v) is 7.88. The lowest BCUT2D eigenvalue weighted by molar-refractivity contribution is -0.138. The molecular formula is C16H24N4O3. The van der Waals surface area contributed by atoms with Gasteiger partial charge in [-0.25, -0.2) is 0 Å². The van der Waals surface area contributed by atoms with E-state index in [1.807, 2.05) is 18.2 Å². The molecule has 0 bridgehead atoms. The standard InChI is InChI=1S/C16H24N4O3/c1-23-11-10-20-9-8-18-14(16(20)22)12-15(21)19-7-5-13-4-2-3-6-17-13/h2-4,6,14,18H,5,7-12H2,1H3,(H,19,21). The van der Waals surface area contributed by atoms with Crippen molar-refractivity contribution in [1.29, 1.82) is 0 Å². The summed E-state index contributed by atoms with van der Waals surface area (Å²) in [6.07, 6.45) is 2.57. The van der Waals surface area contributed by atoms with Gasteiger partial charge >= 0.3 is 0 Å². The van der Waals surface area contributed by atoms with Crippen molar-refractivity contribution in [2.24, 2.45) is 0 Å².